The van der Waals surface area contributed by atoms with Crippen molar-refractivity contribution in [2.24, 2.45) is 0 Å². The number of aromatic nitrogens is 1. The van der Waals surface area contributed by atoms with Gasteiger partial charge in [-0.25, -0.2) is 4.98 Å². The van der Waals surface area contributed by atoms with Gasteiger partial charge < -0.3 is 4.74 Å². The van der Waals surface area contributed by atoms with Gasteiger partial charge in [-0.1, -0.05) is 34.6 Å². The number of methoxy groups -OCH3 is 1. The van der Waals surface area contributed by atoms with E-state index < -0.39 is 0 Å². The van der Waals surface area contributed by atoms with Crippen LogP contribution in [0.1, 0.15) is 57.4 Å². The molecule has 2 heteroatoms. The molecule has 0 aromatic carbocycles. The second kappa shape index (κ2) is 4.44. The molecule has 0 spiro atoms. The third-order valence-electron chi connectivity index (χ3n) is 2.73. The summed E-state index contributed by atoms with van der Waals surface area (Å²) in [5.74, 6) is 1.14. The zero-order chi connectivity index (χ0) is 12.5. The highest BCUT2D eigenvalue weighted by molar-refractivity contribution is 5.40. The summed E-state index contributed by atoms with van der Waals surface area (Å²) in [6.45, 7) is 13.2. The molecule has 0 saturated carbocycles. The highest BCUT2D eigenvalue weighted by Crippen LogP contribution is 2.33. The van der Waals surface area contributed by atoms with Crippen molar-refractivity contribution in [2.45, 2.75) is 52.9 Å². The third-order valence-corrected chi connectivity index (χ3v) is 2.73. The maximum absolute atomic E-state index is 5.24. The van der Waals surface area contributed by atoms with Crippen LogP contribution in [-0.2, 0) is 5.41 Å². The van der Waals surface area contributed by atoms with Crippen LogP contribution in [0.4, 0.5) is 0 Å². The van der Waals surface area contributed by atoms with E-state index in [1.165, 1.54) is 11.1 Å². The van der Waals surface area contributed by atoms with E-state index >= 15 is 0 Å². The summed E-state index contributed by atoms with van der Waals surface area (Å²) in [7, 11) is 1.67. The van der Waals surface area contributed by atoms with E-state index in [9.17, 15) is 0 Å². The molecule has 0 aliphatic heterocycles. The van der Waals surface area contributed by atoms with Crippen molar-refractivity contribution in [3.05, 3.63) is 22.9 Å². The zero-order valence-electron chi connectivity index (χ0n) is 11.5. The van der Waals surface area contributed by atoms with Gasteiger partial charge >= 0.3 is 0 Å². The number of hydrogen-bond donors (Lipinski definition) is 0. The average molecular weight is 221 g/mol. The standard InChI is InChI=1S/C14H23NO/c1-9(2)13-12(14(4,5)6)10(3)8-11(15-13)16-7/h8-9H,1-7H3. The Morgan fingerprint density at radius 1 is 1.25 bits per heavy atom. The molecule has 1 rings (SSSR count). The van der Waals surface area contributed by atoms with Gasteiger partial charge in [0.25, 0.3) is 0 Å². The van der Waals surface area contributed by atoms with Gasteiger partial charge in [-0.2, -0.15) is 0 Å². The van der Waals surface area contributed by atoms with Crippen LogP contribution in [0.2, 0.25) is 0 Å². The molecule has 0 radical (unpaired) electrons. The fraction of sp³-hybridized carbons (Fsp3) is 0.643. The Morgan fingerprint density at radius 2 is 1.81 bits per heavy atom. The molecule has 0 fully saturated rings. The SMILES string of the molecule is COc1cc(C)c(C(C)(C)C)c(C(C)C)n1. The first-order chi connectivity index (χ1) is 7.27. The topological polar surface area (TPSA) is 22.1 Å². The molecule has 0 saturated heterocycles. The van der Waals surface area contributed by atoms with Crippen LogP contribution >= 0.6 is 0 Å². The zero-order valence-corrected chi connectivity index (χ0v) is 11.5. The molecule has 0 bridgehead atoms. The minimum absolute atomic E-state index is 0.128. The first kappa shape index (κ1) is 13.0. The molecular formula is C14H23NO. The van der Waals surface area contributed by atoms with Crippen LogP contribution in [0.25, 0.3) is 0 Å². The Labute approximate surface area is 99.0 Å². The number of ether oxygens (including phenoxy) is 1. The molecule has 0 N–H and O–H groups in total. The average Bonchev–Trinajstić information content (AvgIpc) is 2.14. The van der Waals surface area contributed by atoms with Crippen molar-refractivity contribution in [3.63, 3.8) is 0 Å². The monoisotopic (exact) mass is 221 g/mol. The predicted octanol–water partition coefficient (Wildman–Crippen LogP) is 3.82. The largest absolute Gasteiger partial charge is 0.481 e. The summed E-state index contributed by atoms with van der Waals surface area (Å²) >= 11 is 0. The minimum atomic E-state index is 0.128. The quantitative estimate of drug-likeness (QED) is 0.757. The van der Waals surface area contributed by atoms with Crippen LogP contribution in [0, 0.1) is 6.92 Å². The summed E-state index contributed by atoms with van der Waals surface area (Å²) in [6.07, 6.45) is 0. The second-order valence-electron chi connectivity index (χ2n) is 5.65. The number of hydrogen-bond acceptors (Lipinski definition) is 2. The van der Waals surface area contributed by atoms with Gasteiger partial charge in [0.15, 0.2) is 0 Å². The smallest absolute Gasteiger partial charge is 0.213 e. The number of pyridine rings is 1. The predicted molar refractivity (Wildman–Crippen MR) is 68.3 cm³/mol. The van der Waals surface area contributed by atoms with Crippen molar-refractivity contribution in [2.75, 3.05) is 7.11 Å². The summed E-state index contributed by atoms with van der Waals surface area (Å²) in [5.41, 5.74) is 3.90. The van der Waals surface area contributed by atoms with E-state index in [1.54, 1.807) is 7.11 Å². The molecule has 2 nitrogen and oxygen atoms in total. The molecule has 90 valence electrons. The van der Waals surface area contributed by atoms with Gasteiger partial charge in [0.05, 0.1) is 12.8 Å². The van der Waals surface area contributed by atoms with Crippen molar-refractivity contribution in [1.82, 2.24) is 4.98 Å². The lowest BCUT2D eigenvalue weighted by atomic mass is 9.81. The maximum atomic E-state index is 5.24. The highest BCUT2D eigenvalue weighted by Gasteiger charge is 2.23. The van der Waals surface area contributed by atoms with E-state index in [0.717, 1.165) is 5.69 Å². The molecule has 0 aliphatic rings. The lowest BCUT2D eigenvalue weighted by Gasteiger charge is -2.26. The van der Waals surface area contributed by atoms with Gasteiger partial charge in [0.2, 0.25) is 5.88 Å². The first-order valence-electron chi connectivity index (χ1n) is 5.83. The van der Waals surface area contributed by atoms with Gasteiger partial charge in [0, 0.05) is 6.07 Å². The lowest BCUT2D eigenvalue weighted by Crippen LogP contribution is -2.18. The van der Waals surface area contributed by atoms with Gasteiger partial charge in [0.1, 0.15) is 0 Å². The summed E-state index contributed by atoms with van der Waals surface area (Å²) in [4.78, 5) is 4.60. The normalized spacial score (nSPS) is 12.0. The van der Waals surface area contributed by atoms with Crippen LogP contribution in [-0.4, -0.2) is 12.1 Å². The van der Waals surface area contributed by atoms with E-state index in [1.807, 2.05) is 6.07 Å². The molecule has 1 heterocycles. The van der Waals surface area contributed by atoms with Gasteiger partial charge in [-0.3, -0.25) is 0 Å². The molecule has 0 aliphatic carbocycles. The fourth-order valence-corrected chi connectivity index (χ4v) is 2.16. The molecular weight excluding hydrogens is 198 g/mol. The molecule has 0 unspecified atom stereocenters. The molecule has 0 atom stereocenters. The Balaban J connectivity index is 3.46. The van der Waals surface area contributed by atoms with Crippen LogP contribution in [0.5, 0.6) is 5.88 Å². The number of rotatable bonds is 2. The highest BCUT2D eigenvalue weighted by atomic mass is 16.5. The van der Waals surface area contributed by atoms with Gasteiger partial charge in [-0.15, -0.1) is 0 Å². The Hall–Kier alpha value is -1.05. The van der Waals surface area contributed by atoms with E-state index in [-0.39, 0.29) is 5.41 Å². The second-order valence-corrected chi connectivity index (χ2v) is 5.65. The molecule has 1 aromatic heterocycles. The molecule has 0 amide bonds. The number of nitrogens with zero attached hydrogens (tertiary/aromatic N) is 1. The van der Waals surface area contributed by atoms with E-state index in [4.69, 9.17) is 4.74 Å². The van der Waals surface area contributed by atoms with Crippen LogP contribution < -0.4 is 4.74 Å². The van der Waals surface area contributed by atoms with E-state index in [0.29, 0.717) is 11.8 Å². The fourth-order valence-electron chi connectivity index (χ4n) is 2.16. The first-order valence-corrected chi connectivity index (χ1v) is 5.83. The minimum Gasteiger partial charge on any atom is -0.481 e. The molecule has 16 heavy (non-hydrogen) atoms. The maximum Gasteiger partial charge on any atom is 0.213 e. The Kier molecular flexibility index (Phi) is 3.61. The number of aryl methyl sites for hydroxylation is 1. The van der Waals surface area contributed by atoms with Crippen molar-refractivity contribution >= 4 is 0 Å². The van der Waals surface area contributed by atoms with Crippen molar-refractivity contribution in [3.8, 4) is 5.88 Å². The molecule has 1 aromatic rings. The summed E-state index contributed by atoms with van der Waals surface area (Å²) in [6, 6.07) is 2.02. The van der Waals surface area contributed by atoms with Crippen molar-refractivity contribution < 1.29 is 4.74 Å². The van der Waals surface area contributed by atoms with Crippen LogP contribution in [0.3, 0.4) is 0 Å². The lowest BCUT2D eigenvalue weighted by molar-refractivity contribution is 0.393. The summed E-state index contributed by atoms with van der Waals surface area (Å²) < 4.78 is 5.24. The van der Waals surface area contributed by atoms with E-state index in [2.05, 4.69) is 46.5 Å². The van der Waals surface area contributed by atoms with Gasteiger partial charge in [-0.05, 0) is 29.4 Å². The Bertz CT molecular complexity index is 375. The third kappa shape index (κ3) is 2.55. The Morgan fingerprint density at radius 3 is 2.19 bits per heavy atom. The van der Waals surface area contributed by atoms with Crippen LogP contribution in [0.15, 0.2) is 6.07 Å². The van der Waals surface area contributed by atoms with Crippen molar-refractivity contribution in [1.29, 1.82) is 0 Å². The summed E-state index contributed by atoms with van der Waals surface area (Å²) in [5, 5.41) is 0.